The molecule has 1 aliphatic rings. The first-order valence-electron chi connectivity index (χ1n) is 7.26. The second-order valence-corrected chi connectivity index (χ2v) is 7.24. The number of nitrogens with zero attached hydrogens (tertiary/aromatic N) is 3. The lowest BCUT2D eigenvalue weighted by molar-refractivity contribution is -0.116. The van der Waals surface area contributed by atoms with Crippen molar-refractivity contribution in [1.82, 2.24) is 15.1 Å². The number of thioether (sulfide) groups is 1. The highest BCUT2D eigenvalue weighted by molar-refractivity contribution is 8.01. The Morgan fingerprint density at radius 3 is 2.90 bits per heavy atom. The fraction of sp³-hybridized carbons (Fsp3) is 0.769. The monoisotopic (exact) mass is 314 g/mol. The molecule has 20 heavy (non-hydrogen) atoms. The molecular weight excluding hydrogens is 292 g/mol. The summed E-state index contributed by atoms with van der Waals surface area (Å²) in [6.07, 6.45) is 5.42. The highest BCUT2D eigenvalue weighted by Gasteiger charge is 2.11. The molecule has 0 bridgehead atoms. The zero-order valence-corrected chi connectivity index (χ0v) is 13.6. The maximum absolute atomic E-state index is 11.5. The molecule has 1 aromatic rings. The molecule has 1 N–H and O–H groups in total. The van der Waals surface area contributed by atoms with E-state index in [1.54, 1.807) is 11.8 Å². The molecule has 0 unspecified atom stereocenters. The lowest BCUT2D eigenvalue weighted by Crippen LogP contribution is -2.31. The van der Waals surface area contributed by atoms with Gasteiger partial charge in [0.05, 0.1) is 0 Å². The SMILES string of the molecule is CCCC(=O)Nc1nnc(SCCN2CCCCC2)s1. The van der Waals surface area contributed by atoms with Gasteiger partial charge in [0.1, 0.15) is 0 Å². The first kappa shape index (κ1) is 15.7. The van der Waals surface area contributed by atoms with Gasteiger partial charge in [-0.15, -0.1) is 10.2 Å². The lowest BCUT2D eigenvalue weighted by atomic mass is 10.1. The summed E-state index contributed by atoms with van der Waals surface area (Å²) < 4.78 is 0.939. The van der Waals surface area contributed by atoms with Crippen molar-refractivity contribution in [3.05, 3.63) is 0 Å². The minimum absolute atomic E-state index is 0.0218. The summed E-state index contributed by atoms with van der Waals surface area (Å²) in [5.74, 6) is 1.06. The van der Waals surface area contributed by atoms with E-state index in [1.165, 1.54) is 43.7 Å². The van der Waals surface area contributed by atoms with E-state index in [1.807, 2.05) is 6.92 Å². The van der Waals surface area contributed by atoms with E-state index in [2.05, 4.69) is 20.4 Å². The normalized spacial score (nSPS) is 16.2. The van der Waals surface area contributed by atoms with Gasteiger partial charge in [0.25, 0.3) is 0 Å². The number of carbonyl (C=O) groups is 1. The predicted molar refractivity (Wildman–Crippen MR) is 84.5 cm³/mol. The summed E-state index contributed by atoms with van der Waals surface area (Å²) in [7, 11) is 0. The molecule has 0 saturated carbocycles. The summed E-state index contributed by atoms with van der Waals surface area (Å²) >= 11 is 3.19. The quantitative estimate of drug-likeness (QED) is 0.619. The maximum Gasteiger partial charge on any atom is 0.226 e. The standard InChI is InChI=1S/C13H22N4OS2/c1-2-6-11(18)14-12-15-16-13(20-12)19-10-9-17-7-4-3-5-8-17/h2-10H2,1H3,(H,14,15,18). The largest absolute Gasteiger partial charge is 0.303 e. The summed E-state index contributed by atoms with van der Waals surface area (Å²) in [4.78, 5) is 14.0. The first-order chi connectivity index (χ1) is 9.78. The Morgan fingerprint density at radius 1 is 1.35 bits per heavy atom. The molecule has 1 amide bonds. The van der Waals surface area contributed by atoms with Crippen LogP contribution >= 0.6 is 23.1 Å². The summed E-state index contributed by atoms with van der Waals surface area (Å²) in [5.41, 5.74) is 0. The fourth-order valence-corrected chi connectivity index (χ4v) is 4.01. The van der Waals surface area contributed by atoms with Gasteiger partial charge in [-0.1, -0.05) is 36.4 Å². The number of aromatic nitrogens is 2. The minimum Gasteiger partial charge on any atom is -0.303 e. The third-order valence-corrected chi connectivity index (χ3v) is 5.16. The van der Waals surface area contributed by atoms with Crippen molar-refractivity contribution >= 4 is 34.1 Å². The van der Waals surface area contributed by atoms with E-state index < -0.39 is 0 Å². The molecule has 0 atom stereocenters. The van der Waals surface area contributed by atoms with E-state index in [-0.39, 0.29) is 5.91 Å². The van der Waals surface area contributed by atoms with Crippen LogP contribution in [0.2, 0.25) is 0 Å². The van der Waals surface area contributed by atoms with Crippen LogP contribution in [0.4, 0.5) is 5.13 Å². The molecule has 1 aromatic heterocycles. The van der Waals surface area contributed by atoms with Crippen LogP contribution in [-0.2, 0) is 4.79 Å². The molecule has 2 heterocycles. The minimum atomic E-state index is 0.0218. The first-order valence-corrected chi connectivity index (χ1v) is 9.06. The van der Waals surface area contributed by atoms with Gasteiger partial charge in [0.15, 0.2) is 4.34 Å². The summed E-state index contributed by atoms with van der Waals surface area (Å²) in [5, 5.41) is 11.5. The van der Waals surface area contributed by atoms with Crippen molar-refractivity contribution < 1.29 is 4.79 Å². The van der Waals surface area contributed by atoms with Crippen LogP contribution < -0.4 is 5.32 Å². The Hall–Kier alpha value is -0.660. The van der Waals surface area contributed by atoms with Crippen LogP contribution in [0.3, 0.4) is 0 Å². The van der Waals surface area contributed by atoms with E-state index in [9.17, 15) is 4.79 Å². The van der Waals surface area contributed by atoms with E-state index in [0.29, 0.717) is 11.6 Å². The lowest BCUT2D eigenvalue weighted by Gasteiger charge is -2.25. The number of anilines is 1. The van der Waals surface area contributed by atoms with Crippen molar-refractivity contribution in [3.8, 4) is 0 Å². The number of hydrogen-bond donors (Lipinski definition) is 1. The number of amides is 1. The van der Waals surface area contributed by atoms with Gasteiger partial charge in [0.2, 0.25) is 11.0 Å². The average Bonchev–Trinajstić information content (AvgIpc) is 2.88. The van der Waals surface area contributed by atoms with Crippen molar-refractivity contribution in [2.24, 2.45) is 0 Å². The van der Waals surface area contributed by atoms with Crippen LogP contribution in [0.5, 0.6) is 0 Å². The zero-order chi connectivity index (χ0) is 14.2. The molecule has 0 aliphatic carbocycles. The summed E-state index contributed by atoms with van der Waals surface area (Å²) in [6.45, 7) is 5.56. The maximum atomic E-state index is 11.5. The molecule has 1 saturated heterocycles. The highest BCUT2D eigenvalue weighted by atomic mass is 32.2. The van der Waals surface area contributed by atoms with Crippen molar-refractivity contribution in [1.29, 1.82) is 0 Å². The number of carbonyl (C=O) groups excluding carboxylic acids is 1. The molecule has 7 heteroatoms. The van der Waals surface area contributed by atoms with E-state index >= 15 is 0 Å². The van der Waals surface area contributed by atoms with Gasteiger partial charge in [-0.05, 0) is 32.4 Å². The van der Waals surface area contributed by atoms with E-state index in [0.717, 1.165) is 23.1 Å². The van der Waals surface area contributed by atoms with E-state index in [4.69, 9.17) is 0 Å². The predicted octanol–water partition coefficient (Wildman–Crippen LogP) is 2.85. The summed E-state index contributed by atoms with van der Waals surface area (Å²) in [6, 6.07) is 0. The van der Waals surface area contributed by atoms with Crippen LogP contribution in [-0.4, -0.2) is 46.4 Å². The molecule has 0 aromatic carbocycles. The van der Waals surface area contributed by atoms with Gasteiger partial charge >= 0.3 is 0 Å². The number of likely N-dealkylation sites (tertiary alicyclic amines) is 1. The number of piperidine rings is 1. The van der Waals surface area contributed by atoms with Gasteiger partial charge < -0.3 is 10.2 Å². The van der Waals surface area contributed by atoms with Crippen LogP contribution in [0.25, 0.3) is 0 Å². The Morgan fingerprint density at radius 2 is 2.15 bits per heavy atom. The van der Waals surface area contributed by atoms with Crippen molar-refractivity contribution in [3.63, 3.8) is 0 Å². The fourth-order valence-electron chi connectivity index (χ4n) is 2.17. The molecule has 0 radical (unpaired) electrons. The average molecular weight is 314 g/mol. The second kappa shape index (κ2) is 8.59. The Kier molecular flexibility index (Phi) is 6.75. The van der Waals surface area contributed by atoms with Gasteiger partial charge in [-0.2, -0.15) is 0 Å². The Bertz CT molecular complexity index is 418. The van der Waals surface area contributed by atoms with Gasteiger partial charge in [-0.25, -0.2) is 0 Å². The topological polar surface area (TPSA) is 58.1 Å². The van der Waals surface area contributed by atoms with Crippen LogP contribution in [0, 0.1) is 0 Å². The third-order valence-electron chi connectivity index (χ3n) is 3.21. The molecule has 2 rings (SSSR count). The Balaban J connectivity index is 1.68. The molecule has 1 fully saturated rings. The second-order valence-electron chi connectivity index (χ2n) is 4.92. The number of hydrogen-bond acceptors (Lipinski definition) is 6. The Labute approximate surface area is 128 Å². The molecular formula is C13H22N4OS2. The highest BCUT2D eigenvalue weighted by Crippen LogP contribution is 2.25. The van der Waals surface area contributed by atoms with Gasteiger partial charge in [0, 0.05) is 18.7 Å². The van der Waals surface area contributed by atoms with Gasteiger partial charge in [-0.3, -0.25) is 4.79 Å². The molecule has 1 aliphatic heterocycles. The number of rotatable bonds is 7. The smallest absolute Gasteiger partial charge is 0.226 e. The van der Waals surface area contributed by atoms with Crippen LogP contribution in [0.15, 0.2) is 4.34 Å². The number of nitrogens with one attached hydrogen (secondary N) is 1. The molecule has 5 nitrogen and oxygen atoms in total. The van der Waals surface area contributed by atoms with Crippen LogP contribution in [0.1, 0.15) is 39.0 Å². The van der Waals surface area contributed by atoms with Crippen molar-refractivity contribution in [2.45, 2.75) is 43.4 Å². The molecule has 0 spiro atoms. The third kappa shape index (κ3) is 5.38. The van der Waals surface area contributed by atoms with Crippen molar-refractivity contribution in [2.75, 3.05) is 30.7 Å². The molecule has 112 valence electrons. The zero-order valence-electron chi connectivity index (χ0n) is 11.9.